The number of unbranched alkanes of at least 4 members (excludes halogenated alkanes) is 6. The van der Waals surface area contributed by atoms with Crippen LogP contribution in [0.1, 0.15) is 75.5 Å². The molecule has 3 heteroatoms. The van der Waals surface area contributed by atoms with Crippen molar-refractivity contribution >= 4 is 0 Å². The lowest BCUT2D eigenvalue weighted by Gasteiger charge is -2.17. The fourth-order valence-electron chi connectivity index (χ4n) is 2.48. The summed E-state index contributed by atoms with van der Waals surface area (Å²) in [6.07, 6.45) is 14.2. The van der Waals surface area contributed by atoms with E-state index in [1.807, 2.05) is 18.5 Å². The van der Waals surface area contributed by atoms with Crippen LogP contribution in [0, 0.1) is 6.92 Å². The van der Waals surface area contributed by atoms with E-state index in [9.17, 15) is 0 Å². The molecule has 0 radical (unpaired) electrons. The Bertz CT molecular complexity index is 339. The maximum Gasteiger partial charge on any atom is 0.0477 e. The molecule has 1 atom stereocenters. The molecule has 1 heterocycles. The number of nitrogens with one attached hydrogen (secondary N) is 1. The van der Waals surface area contributed by atoms with Crippen LogP contribution in [-0.4, -0.2) is 4.98 Å². The Morgan fingerprint density at radius 3 is 2.47 bits per heavy atom. The molecule has 0 aliphatic carbocycles. The molecular weight excluding hydrogens is 234 g/mol. The molecule has 1 aromatic rings. The van der Waals surface area contributed by atoms with Gasteiger partial charge in [0.25, 0.3) is 0 Å². The average Bonchev–Trinajstić information content (AvgIpc) is 2.43. The van der Waals surface area contributed by atoms with Gasteiger partial charge in [0, 0.05) is 18.4 Å². The topological polar surface area (TPSA) is 50.9 Å². The van der Waals surface area contributed by atoms with Crippen molar-refractivity contribution in [1.29, 1.82) is 0 Å². The summed E-state index contributed by atoms with van der Waals surface area (Å²) < 4.78 is 0. The minimum absolute atomic E-state index is 0.240. The molecular formula is C16H29N3. The summed E-state index contributed by atoms with van der Waals surface area (Å²) in [5.41, 5.74) is 5.43. The van der Waals surface area contributed by atoms with E-state index in [4.69, 9.17) is 5.84 Å². The lowest BCUT2D eigenvalue weighted by molar-refractivity contribution is 0.473. The summed E-state index contributed by atoms with van der Waals surface area (Å²) in [6.45, 7) is 4.37. The van der Waals surface area contributed by atoms with Crippen molar-refractivity contribution in [3.8, 4) is 0 Å². The van der Waals surface area contributed by atoms with E-state index < -0.39 is 0 Å². The summed E-state index contributed by atoms with van der Waals surface area (Å²) in [5, 5.41) is 0. The number of nitrogens with zero attached hydrogens (tertiary/aromatic N) is 1. The molecule has 0 amide bonds. The normalized spacial score (nSPS) is 12.6. The summed E-state index contributed by atoms with van der Waals surface area (Å²) >= 11 is 0. The molecule has 0 aliphatic rings. The van der Waals surface area contributed by atoms with Crippen LogP contribution in [0.25, 0.3) is 0 Å². The number of pyridine rings is 1. The largest absolute Gasteiger partial charge is 0.271 e. The average molecular weight is 263 g/mol. The van der Waals surface area contributed by atoms with Gasteiger partial charge in [-0.25, -0.2) is 0 Å². The molecule has 0 aliphatic heterocycles. The zero-order chi connectivity index (χ0) is 13.9. The summed E-state index contributed by atoms with van der Waals surface area (Å²) in [5.74, 6) is 5.68. The number of hydrogen-bond donors (Lipinski definition) is 2. The third kappa shape index (κ3) is 6.17. The van der Waals surface area contributed by atoms with Crippen LogP contribution < -0.4 is 11.3 Å². The molecule has 3 nitrogen and oxygen atoms in total. The van der Waals surface area contributed by atoms with Gasteiger partial charge in [0.2, 0.25) is 0 Å². The lowest BCUT2D eigenvalue weighted by atomic mass is 9.98. The van der Waals surface area contributed by atoms with E-state index in [0.717, 1.165) is 6.42 Å². The zero-order valence-electron chi connectivity index (χ0n) is 12.5. The molecule has 0 spiro atoms. The summed E-state index contributed by atoms with van der Waals surface area (Å²) in [7, 11) is 0. The molecule has 0 aromatic carbocycles. The minimum Gasteiger partial charge on any atom is -0.271 e. The number of nitrogens with two attached hydrogens (primary N) is 1. The monoisotopic (exact) mass is 263 g/mol. The lowest BCUT2D eigenvalue weighted by Crippen LogP contribution is -2.28. The Labute approximate surface area is 118 Å². The fraction of sp³-hybridized carbons (Fsp3) is 0.688. The second kappa shape index (κ2) is 9.93. The van der Waals surface area contributed by atoms with E-state index in [1.165, 1.54) is 56.1 Å². The molecule has 19 heavy (non-hydrogen) atoms. The van der Waals surface area contributed by atoms with Crippen molar-refractivity contribution in [3.05, 3.63) is 29.6 Å². The third-order valence-corrected chi connectivity index (χ3v) is 3.75. The highest BCUT2D eigenvalue weighted by Crippen LogP contribution is 2.21. The zero-order valence-corrected chi connectivity index (χ0v) is 12.5. The molecule has 1 aromatic heterocycles. The molecule has 1 unspecified atom stereocenters. The number of hydrazine groups is 1. The molecule has 0 fully saturated rings. The Hall–Kier alpha value is -0.930. The first-order valence-corrected chi connectivity index (χ1v) is 7.66. The Morgan fingerprint density at radius 1 is 1.16 bits per heavy atom. The number of aromatic nitrogens is 1. The SMILES string of the molecule is CCCCCCCCCC(NN)c1cnccc1C. The number of hydrogen-bond acceptors (Lipinski definition) is 3. The maximum atomic E-state index is 5.68. The second-order valence-corrected chi connectivity index (χ2v) is 5.36. The van der Waals surface area contributed by atoms with Gasteiger partial charge in [-0.2, -0.15) is 0 Å². The van der Waals surface area contributed by atoms with Crippen molar-refractivity contribution in [3.63, 3.8) is 0 Å². The highest BCUT2D eigenvalue weighted by molar-refractivity contribution is 5.24. The minimum atomic E-state index is 0.240. The molecule has 108 valence electrons. The quantitative estimate of drug-likeness (QED) is 0.380. The highest BCUT2D eigenvalue weighted by atomic mass is 15.2. The van der Waals surface area contributed by atoms with Crippen molar-refractivity contribution < 1.29 is 0 Å². The molecule has 0 saturated carbocycles. The standard InChI is InChI=1S/C16H29N3/c1-3-4-5-6-7-8-9-10-16(19-17)15-13-18-12-11-14(15)2/h11-13,16,19H,3-10,17H2,1-2H3. The Balaban J connectivity index is 2.24. The van der Waals surface area contributed by atoms with E-state index in [0.29, 0.717) is 0 Å². The van der Waals surface area contributed by atoms with Crippen molar-refractivity contribution in [2.45, 2.75) is 71.3 Å². The van der Waals surface area contributed by atoms with Crippen LogP contribution >= 0.6 is 0 Å². The summed E-state index contributed by atoms with van der Waals surface area (Å²) in [6, 6.07) is 2.29. The van der Waals surface area contributed by atoms with Crippen LogP contribution in [0.15, 0.2) is 18.5 Å². The van der Waals surface area contributed by atoms with Crippen molar-refractivity contribution in [2.24, 2.45) is 5.84 Å². The first kappa shape index (κ1) is 16.1. The predicted molar refractivity (Wildman–Crippen MR) is 81.6 cm³/mol. The van der Waals surface area contributed by atoms with Gasteiger partial charge in [0.05, 0.1) is 0 Å². The van der Waals surface area contributed by atoms with E-state index in [2.05, 4.69) is 24.3 Å². The van der Waals surface area contributed by atoms with Gasteiger partial charge in [0.15, 0.2) is 0 Å². The Kier molecular flexibility index (Phi) is 8.43. The molecule has 3 N–H and O–H groups in total. The van der Waals surface area contributed by atoms with Gasteiger partial charge >= 0.3 is 0 Å². The maximum absolute atomic E-state index is 5.68. The molecule has 1 rings (SSSR count). The van der Waals surface area contributed by atoms with Crippen LogP contribution in [0.4, 0.5) is 0 Å². The fourth-order valence-corrected chi connectivity index (χ4v) is 2.48. The van der Waals surface area contributed by atoms with Gasteiger partial charge in [-0.05, 0) is 30.5 Å². The van der Waals surface area contributed by atoms with Gasteiger partial charge in [-0.15, -0.1) is 0 Å². The van der Waals surface area contributed by atoms with Gasteiger partial charge < -0.3 is 0 Å². The van der Waals surface area contributed by atoms with Gasteiger partial charge in [0.1, 0.15) is 0 Å². The van der Waals surface area contributed by atoms with Crippen molar-refractivity contribution in [2.75, 3.05) is 0 Å². The molecule has 0 saturated heterocycles. The van der Waals surface area contributed by atoms with Crippen molar-refractivity contribution in [1.82, 2.24) is 10.4 Å². The highest BCUT2D eigenvalue weighted by Gasteiger charge is 2.11. The number of aryl methyl sites for hydroxylation is 1. The predicted octanol–water partition coefficient (Wildman–Crippen LogP) is 4.04. The van der Waals surface area contributed by atoms with E-state index in [-0.39, 0.29) is 6.04 Å². The Morgan fingerprint density at radius 2 is 1.84 bits per heavy atom. The van der Waals surface area contributed by atoms with Gasteiger partial charge in [-0.1, -0.05) is 51.9 Å². The second-order valence-electron chi connectivity index (χ2n) is 5.36. The summed E-state index contributed by atoms with van der Waals surface area (Å²) in [4.78, 5) is 4.20. The van der Waals surface area contributed by atoms with Crippen LogP contribution in [0.3, 0.4) is 0 Å². The van der Waals surface area contributed by atoms with Crippen LogP contribution in [0.2, 0.25) is 0 Å². The van der Waals surface area contributed by atoms with Crippen LogP contribution in [-0.2, 0) is 0 Å². The first-order chi connectivity index (χ1) is 9.29. The van der Waals surface area contributed by atoms with Crippen LogP contribution in [0.5, 0.6) is 0 Å². The number of rotatable bonds is 10. The third-order valence-electron chi connectivity index (χ3n) is 3.75. The first-order valence-electron chi connectivity index (χ1n) is 7.66. The smallest absolute Gasteiger partial charge is 0.0477 e. The van der Waals surface area contributed by atoms with E-state index in [1.54, 1.807) is 0 Å². The van der Waals surface area contributed by atoms with Gasteiger partial charge in [-0.3, -0.25) is 16.3 Å². The van der Waals surface area contributed by atoms with E-state index >= 15 is 0 Å². The molecule has 0 bridgehead atoms.